The number of hydrogen-bond acceptors (Lipinski definition) is 3. The van der Waals surface area contributed by atoms with E-state index in [1.807, 2.05) is 13.8 Å². The van der Waals surface area contributed by atoms with Gasteiger partial charge in [0.15, 0.2) is 0 Å². The Bertz CT molecular complexity index is 188. The Morgan fingerprint density at radius 1 is 1.19 bits per heavy atom. The minimum absolute atomic E-state index is 0.0145. The standard InChI is InChI=1S/C13H27NO2/c1-6-12(7-2)9-14(8-3)10-13(15)16-11(4)5/h11-12H,6-10H2,1-5H3. The average Bonchev–Trinajstić information content (AvgIpc) is 2.22. The zero-order valence-corrected chi connectivity index (χ0v) is 11.5. The number of ether oxygens (including phenoxy) is 1. The summed E-state index contributed by atoms with van der Waals surface area (Å²) in [7, 11) is 0. The molecule has 0 spiro atoms. The Labute approximate surface area is 100 Å². The van der Waals surface area contributed by atoms with E-state index in [4.69, 9.17) is 4.74 Å². The molecule has 96 valence electrons. The molecular weight excluding hydrogens is 202 g/mol. The van der Waals surface area contributed by atoms with Crippen LogP contribution < -0.4 is 0 Å². The van der Waals surface area contributed by atoms with Gasteiger partial charge in [-0.25, -0.2) is 0 Å². The second kappa shape index (κ2) is 8.57. The van der Waals surface area contributed by atoms with E-state index in [1.54, 1.807) is 0 Å². The smallest absolute Gasteiger partial charge is 0.320 e. The maximum atomic E-state index is 11.5. The van der Waals surface area contributed by atoms with Crippen LogP contribution in [0.3, 0.4) is 0 Å². The van der Waals surface area contributed by atoms with Crippen molar-refractivity contribution in [2.75, 3.05) is 19.6 Å². The summed E-state index contributed by atoms with van der Waals surface area (Å²) >= 11 is 0. The third kappa shape index (κ3) is 6.83. The highest BCUT2D eigenvalue weighted by atomic mass is 16.5. The summed E-state index contributed by atoms with van der Waals surface area (Å²) in [4.78, 5) is 13.7. The minimum Gasteiger partial charge on any atom is -0.462 e. The molecule has 0 fully saturated rings. The molecule has 0 bridgehead atoms. The maximum absolute atomic E-state index is 11.5. The van der Waals surface area contributed by atoms with Gasteiger partial charge in [0.1, 0.15) is 0 Å². The summed E-state index contributed by atoms with van der Waals surface area (Å²) in [6.45, 7) is 12.6. The first-order chi connectivity index (χ1) is 7.53. The fraction of sp³-hybridized carbons (Fsp3) is 0.923. The van der Waals surface area contributed by atoms with Crippen LogP contribution in [0.4, 0.5) is 0 Å². The van der Waals surface area contributed by atoms with Gasteiger partial charge >= 0.3 is 5.97 Å². The number of carbonyl (C=O) groups excluding carboxylic acids is 1. The van der Waals surface area contributed by atoms with E-state index < -0.39 is 0 Å². The van der Waals surface area contributed by atoms with Gasteiger partial charge in [-0.15, -0.1) is 0 Å². The van der Waals surface area contributed by atoms with Gasteiger partial charge in [0.05, 0.1) is 12.6 Å². The molecule has 0 rings (SSSR count). The molecule has 0 aromatic rings. The molecule has 0 aliphatic heterocycles. The molecule has 0 aromatic carbocycles. The van der Waals surface area contributed by atoms with E-state index in [-0.39, 0.29) is 12.1 Å². The van der Waals surface area contributed by atoms with Gasteiger partial charge in [0.2, 0.25) is 0 Å². The Kier molecular flexibility index (Phi) is 8.26. The number of esters is 1. The Balaban J connectivity index is 4.03. The quantitative estimate of drug-likeness (QED) is 0.599. The lowest BCUT2D eigenvalue weighted by Gasteiger charge is -2.24. The van der Waals surface area contributed by atoms with Crippen molar-refractivity contribution in [3.63, 3.8) is 0 Å². The van der Waals surface area contributed by atoms with E-state index in [1.165, 1.54) is 12.8 Å². The molecule has 0 radical (unpaired) electrons. The molecule has 0 aliphatic carbocycles. The summed E-state index contributed by atoms with van der Waals surface area (Å²) in [5.41, 5.74) is 0. The molecule has 0 atom stereocenters. The molecule has 0 saturated heterocycles. The summed E-state index contributed by atoms with van der Waals surface area (Å²) in [6, 6.07) is 0. The van der Waals surface area contributed by atoms with Crippen LogP contribution in [0.15, 0.2) is 0 Å². The van der Waals surface area contributed by atoms with Gasteiger partial charge in [-0.3, -0.25) is 9.69 Å². The van der Waals surface area contributed by atoms with E-state index in [9.17, 15) is 4.79 Å². The molecule has 0 heterocycles. The van der Waals surface area contributed by atoms with Crippen LogP contribution in [0, 0.1) is 5.92 Å². The van der Waals surface area contributed by atoms with Gasteiger partial charge < -0.3 is 4.74 Å². The molecule has 0 saturated carbocycles. The summed E-state index contributed by atoms with van der Waals surface area (Å²) in [5, 5.41) is 0. The third-order valence-electron chi connectivity index (χ3n) is 2.84. The van der Waals surface area contributed by atoms with Crippen LogP contribution in [0.5, 0.6) is 0 Å². The summed E-state index contributed by atoms with van der Waals surface area (Å²) < 4.78 is 5.15. The highest BCUT2D eigenvalue weighted by Crippen LogP contribution is 2.09. The predicted molar refractivity (Wildman–Crippen MR) is 67.4 cm³/mol. The topological polar surface area (TPSA) is 29.5 Å². The molecule has 3 nitrogen and oxygen atoms in total. The normalized spacial score (nSPS) is 11.5. The second-order valence-electron chi connectivity index (χ2n) is 4.55. The average molecular weight is 229 g/mol. The number of rotatable bonds is 8. The van der Waals surface area contributed by atoms with E-state index in [2.05, 4.69) is 25.7 Å². The first kappa shape index (κ1) is 15.4. The molecule has 3 heteroatoms. The van der Waals surface area contributed by atoms with Crippen molar-refractivity contribution in [1.29, 1.82) is 0 Å². The van der Waals surface area contributed by atoms with Crippen molar-refractivity contribution in [2.24, 2.45) is 5.92 Å². The summed E-state index contributed by atoms with van der Waals surface area (Å²) in [6.07, 6.45) is 2.33. The predicted octanol–water partition coefficient (Wildman–Crippen LogP) is 2.70. The fourth-order valence-electron chi connectivity index (χ4n) is 1.70. The number of nitrogens with zero attached hydrogens (tertiary/aromatic N) is 1. The number of likely N-dealkylation sites (N-methyl/N-ethyl adjacent to an activating group) is 1. The van der Waals surface area contributed by atoms with Crippen molar-refractivity contribution in [1.82, 2.24) is 4.90 Å². The van der Waals surface area contributed by atoms with Crippen molar-refractivity contribution < 1.29 is 9.53 Å². The van der Waals surface area contributed by atoms with Crippen molar-refractivity contribution in [3.05, 3.63) is 0 Å². The van der Waals surface area contributed by atoms with Gasteiger partial charge in [0, 0.05) is 6.54 Å². The Hall–Kier alpha value is -0.570. The zero-order chi connectivity index (χ0) is 12.6. The molecule has 16 heavy (non-hydrogen) atoms. The SMILES string of the molecule is CCC(CC)CN(CC)CC(=O)OC(C)C. The van der Waals surface area contributed by atoms with Gasteiger partial charge in [-0.2, -0.15) is 0 Å². The molecule has 0 unspecified atom stereocenters. The van der Waals surface area contributed by atoms with E-state index >= 15 is 0 Å². The van der Waals surface area contributed by atoms with Crippen LogP contribution in [0.2, 0.25) is 0 Å². The van der Waals surface area contributed by atoms with Crippen LogP contribution in [-0.4, -0.2) is 36.6 Å². The number of hydrogen-bond donors (Lipinski definition) is 0. The first-order valence-corrected chi connectivity index (χ1v) is 6.45. The van der Waals surface area contributed by atoms with E-state index in [0.29, 0.717) is 12.5 Å². The van der Waals surface area contributed by atoms with Gasteiger partial charge in [-0.05, 0) is 26.3 Å². The van der Waals surface area contributed by atoms with Crippen molar-refractivity contribution in [3.8, 4) is 0 Å². The molecule has 0 aliphatic rings. The van der Waals surface area contributed by atoms with Crippen molar-refractivity contribution >= 4 is 5.97 Å². The van der Waals surface area contributed by atoms with E-state index in [0.717, 1.165) is 13.1 Å². The highest BCUT2D eigenvalue weighted by molar-refractivity contribution is 5.71. The molecule has 0 aromatic heterocycles. The van der Waals surface area contributed by atoms with Crippen LogP contribution in [0.1, 0.15) is 47.5 Å². The van der Waals surface area contributed by atoms with Gasteiger partial charge in [-0.1, -0.05) is 33.6 Å². The maximum Gasteiger partial charge on any atom is 0.320 e. The molecular formula is C13H27NO2. The number of carbonyl (C=O) groups is 1. The largest absolute Gasteiger partial charge is 0.462 e. The third-order valence-corrected chi connectivity index (χ3v) is 2.84. The first-order valence-electron chi connectivity index (χ1n) is 6.45. The Morgan fingerprint density at radius 2 is 1.75 bits per heavy atom. The molecule has 0 N–H and O–H groups in total. The highest BCUT2D eigenvalue weighted by Gasteiger charge is 2.14. The monoisotopic (exact) mass is 229 g/mol. The lowest BCUT2D eigenvalue weighted by Crippen LogP contribution is -2.35. The van der Waals surface area contributed by atoms with Crippen LogP contribution in [-0.2, 0) is 9.53 Å². The fourth-order valence-corrected chi connectivity index (χ4v) is 1.70. The zero-order valence-electron chi connectivity index (χ0n) is 11.5. The van der Waals surface area contributed by atoms with Crippen molar-refractivity contribution in [2.45, 2.75) is 53.6 Å². The lowest BCUT2D eigenvalue weighted by molar-refractivity contribution is -0.148. The Morgan fingerprint density at radius 3 is 2.12 bits per heavy atom. The van der Waals surface area contributed by atoms with Gasteiger partial charge in [0.25, 0.3) is 0 Å². The second-order valence-corrected chi connectivity index (χ2v) is 4.55. The lowest BCUT2D eigenvalue weighted by atomic mass is 10.0. The minimum atomic E-state index is -0.109. The van der Waals surface area contributed by atoms with Crippen LogP contribution >= 0.6 is 0 Å². The van der Waals surface area contributed by atoms with Crippen LogP contribution in [0.25, 0.3) is 0 Å². The molecule has 0 amide bonds. The summed E-state index contributed by atoms with van der Waals surface area (Å²) in [5.74, 6) is 0.578.